The van der Waals surface area contributed by atoms with Gasteiger partial charge in [0.15, 0.2) is 0 Å². The van der Waals surface area contributed by atoms with Crippen molar-refractivity contribution in [2.24, 2.45) is 13.0 Å². The van der Waals surface area contributed by atoms with Crippen LogP contribution in [0, 0.1) is 23.1 Å². The van der Waals surface area contributed by atoms with E-state index in [9.17, 15) is 33.2 Å². The molecule has 2 fully saturated rings. The Hall–Kier alpha value is -4.68. The molecule has 1 aliphatic heterocycles. The molecule has 4 rings (SSSR count). The summed E-state index contributed by atoms with van der Waals surface area (Å²) in [6, 6.07) is 6.78. The Labute approximate surface area is 296 Å². The predicted molar refractivity (Wildman–Crippen MR) is 183 cm³/mol. The number of carbonyl (C=O) groups excluding carboxylic acids is 4. The van der Waals surface area contributed by atoms with Crippen LogP contribution in [0.5, 0.6) is 0 Å². The van der Waals surface area contributed by atoms with Crippen LogP contribution in [-0.2, 0) is 26.2 Å². The number of nitrogens with zero attached hydrogens (tertiary/aromatic N) is 4. The largest absolute Gasteiger partial charge is 0.372 e. The van der Waals surface area contributed by atoms with Gasteiger partial charge in [-0.05, 0) is 87.9 Å². The zero-order chi connectivity index (χ0) is 37.6. The van der Waals surface area contributed by atoms with Gasteiger partial charge in [0.1, 0.15) is 41.5 Å². The number of carbonyl (C=O) groups is 4. The van der Waals surface area contributed by atoms with Crippen LogP contribution < -0.4 is 16.0 Å². The number of rotatable bonds is 11. The number of ether oxygens (including phenoxy) is 1. The van der Waals surface area contributed by atoms with E-state index in [1.807, 2.05) is 20.0 Å². The molecule has 1 unspecified atom stereocenters. The number of likely N-dealkylation sites (N-methyl/N-ethyl adjacent to an activating group) is 1. The summed E-state index contributed by atoms with van der Waals surface area (Å²) in [5, 5.41) is 17.3. The highest BCUT2D eigenvalue weighted by molar-refractivity contribution is 6.01. The molecular formula is C36H46F3N7O5. The third kappa shape index (κ3) is 9.17. The number of amides is 4. The maximum Gasteiger partial charge on any atom is 0.269 e. The number of piperazine rings is 1. The van der Waals surface area contributed by atoms with Gasteiger partial charge in [0.05, 0.1) is 5.69 Å². The Morgan fingerprint density at radius 1 is 1.00 bits per heavy atom. The zero-order valence-corrected chi connectivity index (χ0v) is 29.8. The van der Waals surface area contributed by atoms with Crippen LogP contribution in [-0.4, -0.2) is 96.0 Å². The van der Waals surface area contributed by atoms with E-state index in [4.69, 9.17) is 4.74 Å². The first kappa shape index (κ1) is 39.1. The van der Waals surface area contributed by atoms with Crippen LogP contribution in [0.1, 0.15) is 74.1 Å². The fourth-order valence-electron chi connectivity index (χ4n) is 6.52. The fourth-order valence-corrected chi connectivity index (χ4v) is 6.52. The summed E-state index contributed by atoms with van der Waals surface area (Å²) in [6.07, 6.45) is -2.12. The average Bonchev–Trinajstić information content (AvgIpc) is 3.50. The van der Waals surface area contributed by atoms with Crippen LogP contribution in [0.15, 0.2) is 42.0 Å². The van der Waals surface area contributed by atoms with Crippen molar-refractivity contribution in [3.05, 3.63) is 64.8 Å². The number of methoxy groups -OCH3 is 1. The lowest BCUT2D eigenvalue weighted by Gasteiger charge is -2.40. The summed E-state index contributed by atoms with van der Waals surface area (Å²) in [5.41, 5.74) is 0.527. The second-order valence-corrected chi connectivity index (χ2v) is 13.4. The quantitative estimate of drug-likeness (QED) is 0.320. The second-order valence-electron chi connectivity index (χ2n) is 13.4. The SMILES string of the molecule is CO[C@@H](C)C(=O)N[C@@H](C(=O)N1CCN(C)[C@H](C)C1)[C@@H](C)c1ccc(NC(=O)C(NC(=O)c2ccc(C#N)n2C)C2CCC(=C(F)F)CC2)c(F)c1. The minimum Gasteiger partial charge on any atom is -0.372 e. The van der Waals surface area contributed by atoms with Gasteiger partial charge in [-0.2, -0.15) is 14.0 Å². The lowest BCUT2D eigenvalue weighted by Crippen LogP contribution is -2.58. The number of aromatic nitrogens is 1. The van der Waals surface area contributed by atoms with Gasteiger partial charge in [-0.3, -0.25) is 19.2 Å². The number of nitrogens with one attached hydrogen (secondary N) is 3. The molecule has 3 N–H and O–H groups in total. The van der Waals surface area contributed by atoms with Crippen molar-refractivity contribution in [1.82, 2.24) is 25.0 Å². The van der Waals surface area contributed by atoms with Gasteiger partial charge in [0, 0.05) is 45.8 Å². The Morgan fingerprint density at radius 2 is 1.69 bits per heavy atom. The van der Waals surface area contributed by atoms with Crippen molar-refractivity contribution in [2.75, 3.05) is 39.1 Å². The number of halogens is 3. The summed E-state index contributed by atoms with van der Waals surface area (Å²) in [4.78, 5) is 57.5. The lowest BCUT2D eigenvalue weighted by atomic mass is 9.81. The lowest BCUT2D eigenvalue weighted by molar-refractivity contribution is -0.141. The summed E-state index contributed by atoms with van der Waals surface area (Å²) >= 11 is 0. The van der Waals surface area contributed by atoms with Crippen molar-refractivity contribution in [2.45, 2.75) is 76.6 Å². The van der Waals surface area contributed by atoms with E-state index in [0.717, 1.165) is 0 Å². The molecule has 0 bridgehead atoms. The zero-order valence-electron chi connectivity index (χ0n) is 29.8. The van der Waals surface area contributed by atoms with E-state index in [2.05, 4.69) is 20.9 Å². The van der Waals surface area contributed by atoms with Crippen LogP contribution in [0.2, 0.25) is 0 Å². The summed E-state index contributed by atoms with van der Waals surface area (Å²) in [5.74, 6) is -4.24. The summed E-state index contributed by atoms with van der Waals surface area (Å²) < 4.78 is 48.8. The molecule has 51 heavy (non-hydrogen) atoms. The van der Waals surface area contributed by atoms with Gasteiger partial charge in [-0.25, -0.2) is 4.39 Å². The van der Waals surface area contributed by atoms with Gasteiger partial charge < -0.3 is 35.1 Å². The normalized spacial score (nSPS) is 20.4. The first-order chi connectivity index (χ1) is 24.2. The highest BCUT2D eigenvalue weighted by atomic mass is 19.3. The highest BCUT2D eigenvalue weighted by Gasteiger charge is 2.37. The van der Waals surface area contributed by atoms with Crippen LogP contribution in [0.25, 0.3) is 0 Å². The average molecular weight is 714 g/mol. The molecule has 5 atom stereocenters. The molecule has 276 valence electrons. The third-order valence-corrected chi connectivity index (χ3v) is 10.2. The molecule has 2 aliphatic rings. The second kappa shape index (κ2) is 17.0. The van der Waals surface area contributed by atoms with Crippen LogP contribution >= 0.6 is 0 Å². The number of hydrogen-bond acceptors (Lipinski definition) is 7. The van der Waals surface area contributed by atoms with E-state index in [1.54, 1.807) is 24.8 Å². The Bertz CT molecular complexity index is 1690. The predicted octanol–water partition coefficient (Wildman–Crippen LogP) is 3.90. The van der Waals surface area contributed by atoms with Gasteiger partial charge in [0.2, 0.25) is 17.7 Å². The number of anilines is 1. The monoisotopic (exact) mass is 713 g/mol. The van der Waals surface area contributed by atoms with E-state index < -0.39 is 59.6 Å². The van der Waals surface area contributed by atoms with Crippen molar-refractivity contribution < 1.29 is 37.1 Å². The van der Waals surface area contributed by atoms with Crippen molar-refractivity contribution in [3.63, 3.8) is 0 Å². The number of allylic oxidation sites excluding steroid dienone is 1. The maximum absolute atomic E-state index is 15.8. The van der Waals surface area contributed by atoms with Crippen molar-refractivity contribution >= 4 is 29.3 Å². The maximum atomic E-state index is 15.8. The Balaban J connectivity index is 1.57. The number of benzene rings is 1. The molecule has 1 saturated heterocycles. The van der Waals surface area contributed by atoms with Gasteiger partial charge in [-0.15, -0.1) is 0 Å². The number of hydrogen-bond donors (Lipinski definition) is 3. The first-order valence-corrected chi connectivity index (χ1v) is 17.0. The Kier molecular flexibility index (Phi) is 13.1. The standard InChI is InChI=1S/C36H46F3N7O5/c1-20-19-46(16-15-44(20)4)36(50)30(42-33(47)22(3)51-6)21(2)25-11-13-28(27(37)17-25)41-35(49)31(23-7-9-24(10-8-23)32(38)39)43-34(48)29-14-12-26(18-40)45(29)5/h11-14,17,20-23,30-31H,7-10,15-16,19H2,1-6H3,(H,41,49)(H,42,47)(H,43,48)/t20-,21+,22+,30-,31?/m1/s1. The van der Waals surface area contributed by atoms with Gasteiger partial charge in [0.25, 0.3) is 12.0 Å². The summed E-state index contributed by atoms with van der Waals surface area (Å²) in [6.45, 7) is 6.82. The van der Waals surface area contributed by atoms with E-state index >= 15 is 4.39 Å². The smallest absolute Gasteiger partial charge is 0.269 e. The molecule has 1 saturated carbocycles. The van der Waals surface area contributed by atoms with Crippen LogP contribution in [0.3, 0.4) is 0 Å². The van der Waals surface area contributed by atoms with Crippen LogP contribution in [0.4, 0.5) is 18.9 Å². The Morgan fingerprint density at radius 3 is 2.25 bits per heavy atom. The van der Waals surface area contributed by atoms with Crippen molar-refractivity contribution in [1.29, 1.82) is 5.26 Å². The molecule has 2 heterocycles. The third-order valence-electron chi connectivity index (χ3n) is 10.2. The van der Waals surface area contributed by atoms with E-state index in [1.165, 1.54) is 43.0 Å². The molecule has 15 heteroatoms. The molecular weight excluding hydrogens is 667 g/mol. The molecule has 2 aromatic rings. The molecule has 0 spiro atoms. The first-order valence-electron chi connectivity index (χ1n) is 17.0. The molecule has 1 aromatic carbocycles. The molecule has 4 amide bonds. The molecule has 1 aliphatic carbocycles. The van der Waals surface area contributed by atoms with Gasteiger partial charge in [-0.1, -0.05) is 13.0 Å². The summed E-state index contributed by atoms with van der Waals surface area (Å²) in [7, 11) is 4.87. The minimum atomic E-state index is -1.75. The minimum absolute atomic E-state index is 0.000344. The molecule has 1 aromatic heterocycles. The fraction of sp³-hybridized carbons (Fsp3) is 0.528. The van der Waals surface area contributed by atoms with E-state index in [0.29, 0.717) is 25.2 Å². The molecule has 12 nitrogen and oxygen atoms in total. The van der Waals surface area contributed by atoms with Crippen molar-refractivity contribution in [3.8, 4) is 6.07 Å². The molecule has 0 radical (unpaired) electrons. The van der Waals surface area contributed by atoms with E-state index in [-0.39, 0.29) is 60.3 Å². The van der Waals surface area contributed by atoms with Gasteiger partial charge >= 0.3 is 0 Å². The highest BCUT2D eigenvalue weighted by Crippen LogP contribution is 2.34. The number of nitriles is 1. The topological polar surface area (TPSA) is 149 Å².